The molecule has 0 bridgehead atoms. The highest BCUT2D eigenvalue weighted by molar-refractivity contribution is 6.09. The molecule has 0 aliphatic heterocycles. The molecule has 0 radical (unpaired) electrons. The topological polar surface area (TPSA) is 106 Å². The van der Waals surface area contributed by atoms with Crippen molar-refractivity contribution in [3.05, 3.63) is 58.4 Å². The van der Waals surface area contributed by atoms with E-state index in [2.05, 4.69) is 4.98 Å². The molecule has 26 heavy (non-hydrogen) atoms. The van der Waals surface area contributed by atoms with E-state index in [1.807, 2.05) is 0 Å². The number of carbonyl (C=O) groups excluding carboxylic acids is 3. The second kappa shape index (κ2) is 8.44. The SMILES string of the molecule is CCOC(=O)c1c(C)[nH]c(C)c1C(=O)COC(=O)[C@H](O)c1ccccc1. The van der Waals surface area contributed by atoms with Crippen LogP contribution in [0.25, 0.3) is 0 Å². The summed E-state index contributed by atoms with van der Waals surface area (Å²) in [5, 5.41) is 9.98. The molecule has 0 fully saturated rings. The maximum absolute atomic E-state index is 12.5. The molecule has 0 saturated heterocycles. The minimum atomic E-state index is -1.48. The zero-order chi connectivity index (χ0) is 19.3. The summed E-state index contributed by atoms with van der Waals surface area (Å²) in [6.45, 7) is 4.55. The number of aromatic nitrogens is 1. The van der Waals surface area contributed by atoms with Crippen LogP contribution in [-0.2, 0) is 14.3 Å². The van der Waals surface area contributed by atoms with Crippen molar-refractivity contribution in [2.24, 2.45) is 0 Å². The number of H-pyrrole nitrogens is 1. The molecular formula is C19H21NO6. The molecular weight excluding hydrogens is 338 g/mol. The molecule has 2 rings (SSSR count). The third-order valence-corrected chi connectivity index (χ3v) is 3.82. The molecule has 1 aromatic heterocycles. The van der Waals surface area contributed by atoms with Crippen molar-refractivity contribution in [1.82, 2.24) is 4.98 Å². The van der Waals surface area contributed by atoms with Gasteiger partial charge in [-0.1, -0.05) is 30.3 Å². The molecule has 138 valence electrons. The number of rotatable bonds is 7. The van der Waals surface area contributed by atoms with Crippen LogP contribution in [0.2, 0.25) is 0 Å². The number of aryl methyl sites for hydroxylation is 2. The molecule has 0 amide bonds. The summed E-state index contributed by atoms with van der Waals surface area (Å²) in [4.78, 5) is 39.5. The van der Waals surface area contributed by atoms with Gasteiger partial charge in [-0.05, 0) is 26.3 Å². The molecule has 0 saturated carbocycles. The number of ketones is 1. The number of esters is 2. The average Bonchev–Trinajstić information content (AvgIpc) is 2.93. The molecule has 1 atom stereocenters. The maximum atomic E-state index is 12.5. The first-order valence-corrected chi connectivity index (χ1v) is 8.15. The van der Waals surface area contributed by atoms with Crippen molar-refractivity contribution in [1.29, 1.82) is 0 Å². The lowest BCUT2D eigenvalue weighted by Crippen LogP contribution is -2.21. The largest absolute Gasteiger partial charge is 0.462 e. The van der Waals surface area contributed by atoms with E-state index < -0.39 is 30.4 Å². The molecule has 0 unspecified atom stereocenters. The quantitative estimate of drug-likeness (QED) is 0.580. The van der Waals surface area contributed by atoms with Crippen molar-refractivity contribution >= 4 is 17.7 Å². The summed E-state index contributed by atoms with van der Waals surface area (Å²) in [7, 11) is 0. The van der Waals surface area contributed by atoms with Crippen molar-refractivity contribution in [3.63, 3.8) is 0 Å². The highest BCUT2D eigenvalue weighted by atomic mass is 16.5. The van der Waals surface area contributed by atoms with E-state index in [0.29, 0.717) is 17.0 Å². The fourth-order valence-electron chi connectivity index (χ4n) is 2.65. The predicted octanol–water partition coefficient (Wildman–Crippen LogP) is 2.27. The van der Waals surface area contributed by atoms with E-state index in [1.54, 1.807) is 51.1 Å². The normalized spacial score (nSPS) is 11.7. The van der Waals surface area contributed by atoms with Crippen molar-refractivity contribution in [2.45, 2.75) is 26.9 Å². The molecule has 7 heteroatoms. The van der Waals surface area contributed by atoms with E-state index in [1.165, 1.54) is 0 Å². The van der Waals surface area contributed by atoms with Gasteiger partial charge in [-0.25, -0.2) is 9.59 Å². The van der Waals surface area contributed by atoms with E-state index in [-0.39, 0.29) is 17.7 Å². The number of ether oxygens (including phenoxy) is 2. The zero-order valence-corrected chi connectivity index (χ0v) is 14.9. The number of Topliss-reactive ketones (excluding diaryl/α,β-unsaturated/α-hetero) is 1. The lowest BCUT2D eigenvalue weighted by molar-refractivity contribution is -0.152. The third kappa shape index (κ3) is 4.18. The van der Waals surface area contributed by atoms with Gasteiger partial charge >= 0.3 is 11.9 Å². The van der Waals surface area contributed by atoms with Crippen LogP contribution < -0.4 is 0 Å². The highest BCUT2D eigenvalue weighted by Crippen LogP contribution is 2.21. The summed E-state index contributed by atoms with van der Waals surface area (Å²) in [5.41, 5.74) is 1.61. The average molecular weight is 359 g/mol. The number of hydrogen-bond acceptors (Lipinski definition) is 6. The number of hydrogen-bond donors (Lipinski definition) is 2. The van der Waals surface area contributed by atoms with Crippen LogP contribution in [0.1, 0.15) is 50.7 Å². The van der Waals surface area contributed by atoms with E-state index in [9.17, 15) is 19.5 Å². The summed E-state index contributed by atoms with van der Waals surface area (Å²) >= 11 is 0. The molecule has 0 spiro atoms. The van der Waals surface area contributed by atoms with E-state index in [4.69, 9.17) is 9.47 Å². The summed E-state index contributed by atoms with van der Waals surface area (Å²) in [6, 6.07) is 8.25. The van der Waals surface area contributed by atoms with Gasteiger partial charge in [0.2, 0.25) is 5.78 Å². The van der Waals surface area contributed by atoms with Crippen LogP contribution >= 0.6 is 0 Å². The third-order valence-electron chi connectivity index (χ3n) is 3.82. The molecule has 1 aromatic carbocycles. The number of aromatic amines is 1. The Morgan fingerprint density at radius 3 is 2.27 bits per heavy atom. The van der Waals surface area contributed by atoms with Crippen LogP contribution in [0.4, 0.5) is 0 Å². The number of aliphatic hydroxyl groups excluding tert-OH is 1. The first-order valence-electron chi connectivity index (χ1n) is 8.15. The standard InChI is InChI=1S/C19H21NO6/c1-4-25-18(23)16-12(3)20-11(2)15(16)14(21)10-26-19(24)17(22)13-8-6-5-7-9-13/h5-9,17,20,22H,4,10H2,1-3H3/t17-/m1/s1. The minimum absolute atomic E-state index is 0.128. The molecule has 2 aromatic rings. The Bertz CT molecular complexity index is 809. The van der Waals surface area contributed by atoms with Gasteiger partial charge in [0.25, 0.3) is 0 Å². The van der Waals surface area contributed by atoms with E-state index in [0.717, 1.165) is 0 Å². The first-order chi connectivity index (χ1) is 12.4. The fourth-order valence-corrected chi connectivity index (χ4v) is 2.65. The smallest absolute Gasteiger partial charge is 0.340 e. The lowest BCUT2D eigenvalue weighted by atomic mass is 10.1. The van der Waals surface area contributed by atoms with Gasteiger partial charge in [0, 0.05) is 11.4 Å². The zero-order valence-electron chi connectivity index (χ0n) is 14.9. The van der Waals surface area contributed by atoms with Gasteiger partial charge in [-0.15, -0.1) is 0 Å². The van der Waals surface area contributed by atoms with Crippen LogP contribution in [0.3, 0.4) is 0 Å². The van der Waals surface area contributed by atoms with Crippen molar-refractivity contribution in [2.75, 3.05) is 13.2 Å². The summed E-state index contributed by atoms with van der Waals surface area (Å²) < 4.78 is 9.90. The molecule has 2 N–H and O–H groups in total. The lowest BCUT2D eigenvalue weighted by Gasteiger charge is -2.11. The van der Waals surface area contributed by atoms with Crippen LogP contribution in [0, 0.1) is 13.8 Å². The molecule has 1 heterocycles. The second-order valence-corrected chi connectivity index (χ2v) is 5.69. The van der Waals surface area contributed by atoms with Gasteiger partial charge in [-0.3, -0.25) is 4.79 Å². The Kier molecular flexibility index (Phi) is 6.30. The number of carbonyl (C=O) groups is 3. The summed E-state index contributed by atoms with van der Waals surface area (Å²) in [5.74, 6) is -2.11. The fraction of sp³-hybridized carbons (Fsp3) is 0.316. The van der Waals surface area contributed by atoms with Gasteiger partial charge in [0.1, 0.15) is 0 Å². The van der Waals surface area contributed by atoms with Gasteiger partial charge in [-0.2, -0.15) is 0 Å². The van der Waals surface area contributed by atoms with Crippen LogP contribution in [-0.4, -0.2) is 41.0 Å². The first kappa shape index (κ1) is 19.4. The molecule has 0 aliphatic carbocycles. The van der Waals surface area contributed by atoms with Crippen molar-refractivity contribution in [3.8, 4) is 0 Å². The Labute approximate surface area is 150 Å². The van der Waals surface area contributed by atoms with Crippen LogP contribution in [0.5, 0.6) is 0 Å². The van der Waals surface area contributed by atoms with E-state index >= 15 is 0 Å². The molecule has 0 aliphatic rings. The summed E-state index contributed by atoms with van der Waals surface area (Å²) in [6.07, 6.45) is -1.48. The maximum Gasteiger partial charge on any atom is 0.340 e. The Morgan fingerprint density at radius 1 is 1.04 bits per heavy atom. The molecule has 7 nitrogen and oxygen atoms in total. The second-order valence-electron chi connectivity index (χ2n) is 5.69. The van der Waals surface area contributed by atoms with Crippen LogP contribution in [0.15, 0.2) is 30.3 Å². The predicted molar refractivity (Wildman–Crippen MR) is 92.9 cm³/mol. The number of nitrogens with one attached hydrogen (secondary N) is 1. The van der Waals surface area contributed by atoms with Gasteiger partial charge in [0.05, 0.1) is 17.7 Å². The number of benzene rings is 1. The van der Waals surface area contributed by atoms with Gasteiger partial charge < -0.3 is 19.6 Å². The highest BCUT2D eigenvalue weighted by Gasteiger charge is 2.27. The minimum Gasteiger partial charge on any atom is -0.462 e. The Morgan fingerprint density at radius 2 is 1.65 bits per heavy atom. The van der Waals surface area contributed by atoms with Crippen molar-refractivity contribution < 1.29 is 29.0 Å². The van der Waals surface area contributed by atoms with Gasteiger partial charge in [0.15, 0.2) is 12.7 Å². The number of aliphatic hydroxyl groups is 1. The monoisotopic (exact) mass is 359 g/mol. The Balaban J connectivity index is 2.11. The Hall–Kier alpha value is -2.93.